The lowest BCUT2D eigenvalue weighted by molar-refractivity contribution is -0.130. The van der Waals surface area contributed by atoms with Crippen molar-refractivity contribution in [1.82, 2.24) is 10.2 Å². The fourth-order valence-corrected chi connectivity index (χ4v) is 2.75. The topological polar surface area (TPSA) is 32.3 Å². The number of carbonyl (C=O) groups excluding carboxylic acids is 1. The fraction of sp³-hybridized carbons (Fsp3) is 0.929. The Kier molecular flexibility index (Phi) is 6.56. The average molecular weight is 240 g/mol. The van der Waals surface area contributed by atoms with Crippen molar-refractivity contribution in [2.75, 3.05) is 19.6 Å². The maximum Gasteiger partial charge on any atom is 0.223 e. The van der Waals surface area contributed by atoms with Gasteiger partial charge in [-0.25, -0.2) is 0 Å². The van der Waals surface area contributed by atoms with Crippen molar-refractivity contribution in [3.8, 4) is 0 Å². The first-order valence-electron chi connectivity index (χ1n) is 7.22. The van der Waals surface area contributed by atoms with Gasteiger partial charge in [0, 0.05) is 32.1 Å². The molecule has 0 aromatic rings. The van der Waals surface area contributed by atoms with Gasteiger partial charge in [-0.2, -0.15) is 0 Å². The van der Waals surface area contributed by atoms with Gasteiger partial charge >= 0.3 is 0 Å². The van der Waals surface area contributed by atoms with Crippen LogP contribution in [0.3, 0.4) is 0 Å². The predicted octanol–water partition coefficient (Wildman–Crippen LogP) is 2.41. The SMILES string of the molecule is CCC1CCC(NCCC(=O)N(CC)CC)C1. The van der Waals surface area contributed by atoms with Crippen molar-refractivity contribution < 1.29 is 4.79 Å². The monoisotopic (exact) mass is 240 g/mol. The van der Waals surface area contributed by atoms with E-state index in [4.69, 9.17) is 0 Å². The molecular formula is C14H28N2O. The molecule has 0 radical (unpaired) electrons. The van der Waals surface area contributed by atoms with Gasteiger partial charge in [0.15, 0.2) is 0 Å². The third kappa shape index (κ3) is 4.66. The lowest BCUT2D eigenvalue weighted by atomic mass is 10.1. The molecule has 0 saturated heterocycles. The van der Waals surface area contributed by atoms with E-state index in [0.29, 0.717) is 12.5 Å². The molecule has 1 aliphatic carbocycles. The van der Waals surface area contributed by atoms with E-state index >= 15 is 0 Å². The van der Waals surface area contributed by atoms with Crippen LogP contribution in [0, 0.1) is 5.92 Å². The van der Waals surface area contributed by atoms with Crippen LogP contribution in [0.4, 0.5) is 0 Å². The van der Waals surface area contributed by atoms with Crippen LogP contribution in [0.2, 0.25) is 0 Å². The maximum absolute atomic E-state index is 11.8. The van der Waals surface area contributed by atoms with Gasteiger partial charge < -0.3 is 10.2 Å². The van der Waals surface area contributed by atoms with Crippen LogP contribution < -0.4 is 5.32 Å². The Labute approximate surface area is 106 Å². The third-order valence-electron chi connectivity index (χ3n) is 4.01. The second-order valence-electron chi connectivity index (χ2n) is 5.05. The molecule has 1 fully saturated rings. The highest BCUT2D eigenvalue weighted by Gasteiger charge is 2.22. The molecule has 3 nitrogen and oxygen atoms in total. The summed E-state index contributed by atoms with van der Waals surface area (Å²) in [4.78, 5) is 13.7. The molecule has 1 rings (SSSR count). The van der Waals surface area contributed by atoms with E-state index in [1.165, 1.54) is 25.7 Å². The van der Waals surface area contributed by atoms with Crippen LogP contribution in [0.1, 0.15) is 52.9 Å². The minimum absolute atomic E-state index is 0.285. The number of amides is 1. The number of hydrogen-bond acceptors (Lipinski definition) is 2. The van der Waals surface area contributed by atoms with Gasteiger partial charge in [-0.3, -0.25) is 4.79 Å². The van der Waals surface area contributed by atoms with E-state index in [2.05, 4.69) is 12.2 Å². The summed E-state index contributed by atoms with van der Waals surface area (Å²) in [5.74, 6) is 1.19. The first-order valence-corrected chi connectivity index (χ1v) is 7.22. The number of rotatable bonds is 7. The van der Waals surface area contributed by atoms with Crippen molar-refractivity contribution in [3.05, 3.63) is 0 Å². The smallest absolute Gasteiger partial charge is 0.223 e. The minimum atomic E-state index is 0.285. The van der Waals surface area contributed by atoms with E-state index in [1.54, 1.807) is 0 Å². The summed E-state index contributed by atoms with van der Waals surface area (Å²) >= 11 is 0. The molecule has 100 valence electrons. The van der Waals surface area contributed by atoms with Gasteiger partial charge in [-0.1, -0.05) is 13.3 Å². The molecule has 1 saturated carbocycles. The second kappa shape index (κ2) is 7.70. The first-order chi connectivity index (χ1) is 8.21. The molecule has 17 heavy (non-hydrogen) atoms. The van der Waals surface area contributed by atoms with E-state index in [9.17, 15) is 4.79 Å². The van der Waals surface area contributed by atoms with Crippen LogP contribution in [0.15, 0.2) is 0 Å². The van der Waals surface area contributed by atoms with Crippen LogP contribution in [-0.4, -0.2) is 36.5 Å². The molecule has 0 aromatic heterocycles. The molecular weight excluding hydrogens is 212 g/mol. The standard InChI is InChI=1S/C14H28N2O/c1-4-12-7-8-13(11-12)15-10-9-14(17)16(5-2)6-3/h12-13,15H,4-11H2,1-3H3. The van der Waals surface area contributed by atoms with Crippen molar-refractivity contribution in [2.45, 2.75) is 58.9 Å². The summed E-state index contributed by atoms with van der Waals surface area (Å²) in [7, 11) is 0. The summed E-state index contributed by atoms with van der Waals surface area (Å²) in [5, 5.41) is 3.53. The van der Waals surface area contributed by atoms with Gasteiger partial charge in [0.2, 0.25) is 5.91 Å². The zero-order valence-corrected chi connectivity index (χ0v) is 11.7. The Bertz CT molecular complexity index is 226. The Hall–Kier alpha value is -0.570. The minimum Gasteiger partial charge on any atom is -0.343 e. The largest absolute Gasteiger partial charge is 0.343 e. The van der Waals surface area contributed by atoms with Crippen molar-refractivity contribution in [2.24, 2.45) is 5.92 Å². The number of hydrogen-bond donors (Lipinski definition) is 1. The highest BCUT2D eigenvalue weighted by Crippen LogP contribution is 2.27. The second-order valence-corrected chi connectivity index (χ2v) is 5.05. The van der Waals surface area contributed by atoms with Gasteiger partial charge in [0.05, 0.1) is 0 Å². The van der Waals surface area contributed by atoms with E-state index < -0.39 is 0 Å². The molecule has 0 heterocycles. The number of nitrogens with zero attached hydrogens (tertiary/aromatic N) is 1. The maximum atomic E-state index is 11.8. The van der Waals surface area contributed by atoms with E-state index in [-0.39, 0.29) is 5.91 Å². The summed E-state index contributed by atoms with van der Waals surface area (Å²) in [6.45, 7) is 8.86. The molecule has 1 aliphatic rings. The Morgan fingerprint density at radius 2 is 1.94 bits per heavy atom. The third-order valence-corrected chi connectivity index (χ3v) is 4.01. The first kappa shape index (κ1) is 14.5. The molecule has 0 spiro atoms. The predicted molar refractivity (Wildman–Crippen MR) is 72.0 cm³/mol. The molecule has 0 aliphatic heterocycles. The highest BCUT2D eigenvalue weighted by molar-refractivity contribution is 5.76. The van der Waals surface area contributed by atoms with Crippen molar-refractivity contribution in [1.29, 1.82) is 0 Å². The summed E-state index contributed by atoms with van der Waals surface area (Å²) < 4.78 is 0. The number of carbonyl (C=O) groups is 1. The van der Waals surface area contributed by atoms with E-state index in [0.717, 1.165) is 25.6 Å². The zero-order valence-electron chi connectivity index (χ0n) is 11.7. The Morgan fingerprint density at radius 1 is 1.24 bits per heavy atom. The summed E-state index contributed by atoms with van der Waals surface area (Å²) in [6, 6.07) is 0.657. The lowest BCUT2D eigenvalue weighted by Gasteiger charge is -2.19. The molecule has 1 amide bonds. The quantitative estimate of drug-likeness (QED) is 0.741. The van der Waals surface area contributed by atoms with Crippen LogP contribution in [-0.2, 0) is 4.79 Å². The summed E-state index contributed by atoms with van der Waals surface area (Å²) in [5.41, 5.74) is 0. The fourth-order valence-electron chi connectivity index (χ4n) is 2.75. The Morgan fingerprint density at radius 3 is 2.47 bits per heavy atom. The van der Waals surface area contributed by atoms with Crippen LogP contribution in [0.25, 0.3) is 0 Å². The normalized spacial score (nSPS) is 23.9. The molecule has 2 atom stereocenters. The zero-order chi connectivity index (χ0) is 12.7. The molecule has 0 aromatic carbocycles. The van der Waals surface area contributed by atoms with E-state index in [1.807, 2.05) is 18.7 Å². The van der Waals surface area contributed by atoms with Crippen molar-refractivity contribution >= 4 is 5.91 Å². The molecule has 2 unspecified atom stereocenters. The van der Waals surface area contributed by atoms with Gasteiger partial charge in [0.25, 0.3) is 0 Å². The lowest BCUT2D eigenvalue weighted by Crippen LogP contribution is -2.35. The van der Waals surface area contributed by atoms with Crippen LogP contribution in [0.5, 0.6) is 0 Å². The average Bonchev–Trinajstić information content (AvgIpc) is 2.78. The highest BCUT2D eigenvalue weighted by atomic mass is 16.2. The van der Waals surface area contributed by atoms with Gasteiger partial charge in [-0.15, -0.1) is 0 Å². The van der Waals surface area contributed by atoms with Gasteiger partial charge in [0.1, 0.15) is 0 Å². The Balaban J connectivity index is 2.13. The number of nitrogens with one attached hydrogen (secondary N) is 1. The molecule has 3 heteroatoms. The van der Waals surface area contributed by atoms with Crippen LogP contribution >= 0.6 is 0 Å². The van der Waals surface area contributed by atoms with Gasteiger partial charge in [-0.05, 0) is 39.0 Å². The summed E-state index contributed by atoms with van der Waals surface area (Å²) in [6.07, 6.45) is 5.90. The molecule has 1 N–H and O–H groups in total. The molecule has 0 bridgehead atoms. The van der Waals surface area contributed by atoms with Crippen molar-refractivity contribution in [3.63, 3.8) is 0 Å².